The highest BCUT2D eigenvalue weighted by Gasteiger charge is 2.11. The second kappa shape index (κ2) is 6.80. The molecule has 118 valence electrons. The average molecular weight is 346 g/mol. The second-order valence-corrected chi connectivity index (χ2v) is 6.68. The molecule has 3 heterocycles. The van der Waals surface area contributed by atoms with E-state index in [1.54, 1.807) is 29.0 Å². The molecule has 3 aromatic heterocycles. The molecule has 0 aromatic carbocycles. The molecule has 0 aliphatic heterocycles. The maximum absolute atomic E-state index is 12.0. The van der Waals surface area contributed by atoms with E-state index >= 15 is 0 Å². The molecule has 23 heavy (non-hydrogen) atoms. The quantitative estimate of drug-likeness (QED) is 0.737. The molecule has 7 nitrogen and oxygen atoms in total. The number of carbonyl (C=O) groups excluding carboxylic acids is 1. The summed E-state index contributed by atoms with van der Waals surface area (Å²) in [4.78, 5) is 20.7. The molecule has 0 aliphatic rings. The van der Waals surface area contributed by atoms with Crippen LogP contribution in [0.1, 0.15) is 34.0 Å². The Morgan fingerprint density at radius 2 is 2.17 bits per heavy atom. The van der Waals surface area contributed by atoms with Gasteiger partial charge in [0.1, 0.15) is 11.3 Å². The molecular formula is C14H14N6OS2. The summed E-state index contributed by atoms with van der Waals surface area (Å²) in [6, 6.07) is 3.53. The van der Waals surface area contributed by atoms with E-state index in [1.165, 1.54) is 17.5 Å². The average Bonchev–Trinajstić information content (AvgIpc) is 3.19. The third-order valence-electron chi connectivity index (χ3n) is 3.05. The number of nitrogens with zero attached hydrogens (tertiary/aromatic N) is 4. The first-order chi connectivity index (χ1) is 11.1. The standard InChI is InChI=1S/C14H14N6OS2/c1-8(11-6-22-9(2)18-11)17-12-4-3-10(5-15-12)13(21)19-14-20-16-7-23-14/h3-8H,1-2H3,(H,15,17)(H,19,20,21). The van der Waals surface area contributed by atoms with Crippen LogP contribution in [0.15, 0.2) is 29.2 Å². The van der Waals surface area contributed by atoms with E-state index in [2.05, 4.69) is 30.8 Å². The maximum Gasteiger partial charge on any atom is 0.259 e. The number of thiazole rings is 1. The van der Waals surface area contributed by atoms with Crippen molar-refractivity contribution in [3.05, 3.63) is 45.5 Å². The third kappa shape index (κ3) is 3.88. The normalized spacial score (nSPS) is 11.9. The van der Waals surface area contributed by atoms with Crippen LogP contribution in [-0.2, 0) is 0 Å². The van der Waals surface area contributed by atoms with Crippen LogP contribution in [0.5, 0.6) is 0 Å². The largest absolute Gasteiger partial charge is 0.362 e. The minimum Gasteiger partial charge on any atom is -0.362 e. The lowest BCUT2D eigenvalue weighted by atomic mass is 10.2. The van der Waals surface area contributed by atoms with E-state index in [9.17, 15) is 4.79 Å². The molecule has 0 fully saturated rings. The third-order valence-corrected chi connectivity index (χ3v) is 4.45. The minimum atomic E-state index is -0.260. The van der Waals surface area contributed by atoms with Gasteiger partial charge in [0, 0.05) is 11.6 Å². The first-order valence-electron chi connectivity index (χ1n) is 6.84. The van der Waals surface area contributed by atoms with E-state index in [4.69, 9.17) is 0 Å². The van der Waals surface area contributed by atoms with Gasteiger partial charge < -0.3 is 5.32 Å². The number of rotatable bonds is 5. The Morgan fingerprint density at radius 1 is 1.30 bits per heavy atom. The molecule has 3 rings (SSSR count). The first kappa shape index (κ1) is 15.5. The molecule has 2 N–H and O–H groups in total. The predicted octanol–water partition coefficient (Wildman–Crippen LogP) is 3.12. The number of pyridine rings is 1. The molecule has 1 unspecified atom stereocenters. The van der Waals surface area contributed by atoms with Crippen LogP contribution in [0, 0.1) is 6.92 Å². The summed E-state index contributed by atoms with van der Waals surface area (Å²) in [6.45, 7) is 4.00. The number of amides is 1. The van der Waals surface area contributed by atoms with Gasteiger partial charge in [0.2, 0.25) is 5.13 Å². The van der Waals surface area contributed by atoms with Gasteiger partial charge in [0.05, 0.1) is 22.3 Å². The van der Waals surface area contributed by atoms with E-state index < -0.39 is 0 Å². The lowest BCUT2D eigenvalue weighted by Crippen LogP contribution is -2.13. The number of carbonyl (C=O) groups is 1. The molecule has 0 radical (unpaired) electrons. The number of hydrogen-bond donors (Lipinski definition) is 2. The molecule has 3 aromatic rings. The van der Waals surface area contributed by atoms with Gasteiger partial charge in [0.15, 0.2) is 0 Å². The highest BCUT2D eigenvalue weighted by Crippen LogP contribution is 2.20. The number of anilines is 2. The Bertz CT molecular complexity index is 784. The first-order valence-corrected chi connectivity index (χ1v) is 8.60. The van der Waals surface area contributed by atoms with Gasteiger partial charge in [-0.05, 0) is 26.0 Å². The lowest BCUT2D eigenvalue weighted by molar-refractivity contribution is 0.102. The van der Waals surface area contributed by atoms with Gasteiger partial charge in [-0.15, -0.1) is 21.5 Å². The topological polar surface area (TPSA) is 92.7 Å². The van der Waals surface area contributed by atoms with Crippen LogP contribution < -0.4 is 10.6 Å². The lowest BCUT2D eigenvalue weighted by Gasteiger charge is -2.12. The van der Waals surface area contributed by atoms with Crippen molar-refractivity contribution < 1.29 is 4.79 Å². The van der Waals surface area contributed by atoms with Crippen LogP contribution >= 0.6 is 22.7 Å². The Morgan fingerprint density at radius 3 is 2.78 bits per heavy atom. The Labute approximate surface area is 140 Å². The molecule has 0 spiro atoms. The van der Waals surface area contributed by atoms with Crippen molar-refractivity contribution in [2.45, 2.75) is 19.9 Å². The van der Waals surface area contributed by atoms with Crippen LogP contribution in [0.4, 0.5) is 10.9 Å². The summed E-state index contributed by atoms with van der Waals surface area (Å²) in [5, 5.41) is 16.9. The van der Waals surface area contributed by atoms with Crippen molar-refractivity contribution >= 4 is 39.5 Å². The van der Waals surface area contributed by atoms with Gasteiger partial charge >= 0.3 is 0 Å². The molecule has 0 aliphatic carbocycles. The van der Waals surface area contributed by atoms with E-state index in [-0.39, 0.29) is 11.9 Å². The fourth-order valence-electron chi connectivity index (χ4n) is 1.89. The number of aryl methyl sites for hydroxylation is 1. The SMILES string of the molecule is Cc1nc(C(C)Nc2ccc(C(=O)Nc3nncs3)cn2)cs1. The van der Waals surface area contributed by atoms with Crippen LogP contribution in [0.25, 0.3) is 0 Å². The second-order valence-electron chi connectivity index (χ2n) is 4.79. The fourth-order valence-corrected chi connectivity index (χ4v) is 3.03. The van der Waals surface area contributed by atoms with Gasteiger partial charge in [0.25, 0.3) is 5.91 Å². The Hall–Kier alpha value is -2.39. The van der Waals surface area contributed by atoms with Gasteiger partial charge in [-0.3, -0.25) is 10.1 Å². The zero-order chi connectivity index (χ0) is 16.2. The molecule has 1 atom stereocenters. The van der Waals surface area contributed by atoms with Crippen LogP contribution in [0.2, 0.25) is 0 Å². The van der Waals surface area contributed by atoms with E-state index in [0.717, 1.165) is 10.7 Å². The van der Waals surface area contributed by atoms with Gasteiger partial charge in [-0.2, -0.15) is 0 Å². The van der Waals surface area contributed by atoms with Crippen LogP contribution in [0.3, 0.4) is 0 Å². The van der Waals surface area contributed by atoms with Crippen molar-refractivity contribution in [1.82, 2.24) is 20.2 Å². The predicted molar refractivity (Wildman–Crippen MR) is 91.0 cm³/mol. The van der Waals surface area contributed by atoms with Gasteiger partial charge in [-0.1, -0.05) is 11.3 Å². The summed E-state index contributed by atoms with van der Waals surface area (Å²) < 4.78 is 0. The van der Waals surface area contributed by atoms with E-state index in [0.29, 0.717) is 16.5 Å². The monoisotopic (exact) mass is 346 g/mol. The smallest absolute Gasteiger partial charge is 0.259 e. The van der Waals surface area contributed by atoms with Gasteiger partial charge in [-0.25, -0.2) is 9.97 Å². The highest BCUT2D eigenvalue weighted by molar-refractivity contribution is 7.13. The summed E-state index contributed by atoms with van der Waals surface area (Å²) in [5.74, 6) is 0.430. The van der Waals surface area contributed by atoms with Crippen molar-refractivity contribution in [2.75, 3.05) is 10.6 Å². The maximum atomic E-state index is 12.0. The summed E-state index contributed by atoms with van der Waals surface area (Å²) in [5.41, 5.74) is 3.00. The Balaban J connectivity index is 1.63. The molecule has 1 amide bonds. The molecule has 9 heteroatoms. The van der Waals surface area contributed by atoms with Crippen molar-refractivity contribution in [3.8, 4) is 0 Å². The molecular weight excluding hydrogens is 332 g/mol. The number of aromatic nitrogens is 4. The molecule has 0 bridgehead atoms. The Kier molecular flexibility index (Phi) is 4.58. The van der Waals surface area contributed by atoms with Crippen molar-refractivity contribution in [3.63, 3.8) is 0 Å². The molecule has 0 saturated heterocycles. The van der Waals surface area contributed by atoms with Crippen molar-refractivity contribution in [2.24, 2.45) is 0 Å². The fraction of sp³-hybridized carbons (Fsp3) is 0.214. The summed E-state index contributed by atoms with van der Waals surface area (Å²) in [7, 11) is 0. The highest BCUT2D eigenvalue weighted by atomic mass is 32.1. The molecule has 0 saturated carbocycles. The summed E-state index contributed by atoms with van der Waals surface area (Å²) >= 11 is 2.88. The minimum absolute atomic E-state index is 0.0496. The van der Waals surface area contributed by atoms with Crippen LogP contribution in [-0.4, -0.2) is 26.1 Å². The summed E-state index contributed by atoms with van der Waals surface area (Å²) in [6.07, 6.45) is 1.53. The number of nitrogens with one attached hydrogen (secondary N) is 2. The number of hydrogen-bond acceptors (Lipinski definition) is 8. The van der Waals surface area contributed by atoms with E-state index in [1.807, 2.05) is 19.2 Å². The zero-order valence-corrected chi connectivity index (χ0v) is 14.1. The van der Waals surface area contributed by atoms with Crippen molar-refractivity contribution in [1.29, 1.82) is 0 Å². The zero-order valence-electron chi connectivity index (χ0n) is 12.5.